The number of aliphatic hydroxyl groups excluding tert-OH is 4. The number of amides is 4. The highest BCUT2D eigenvalue weighted by molar-refractivity contribution is 6.04. The van der Waals surface area contributed by atoms with Crippen LogP contribution in [0.3, 0.4) is 0 Å². The molecule has 194 valence electrons. The molecular formula is C24H30N4O8. The predicted octanol–water partition coefficient (Wildman–Crippen LogP) is -1.76. The van der Waals surface area contributed by atoms with Gasteiger partial charge in [0.1, 0.15) is 0 Å². The van der Waals surface area contributed by atoms with Gasteiger partial charge in [-0.3, -0.25) is 19.2 Å². The molecule has 12 nitrogen and oxygen atoms in total. The van der Waals surface area contributed by atoms with Gasteiger partial charge in [-0.05, 0) is 47.5 Å². The van der Waals surface area contributed by atoms with Gasteiger partial charge in [-0.25, -0.2) is 0 Å². The average Bonchev–Trinajstić information content (AvgIpc) is 2.91. The van der Waals surface area contributed by atoms with Gasteiger partial charge in [0.15, 0.2) is 0 Å². The quantitative estimate of drug-likeness (QED) is 0.158. The minimum atomic E-state index is -0.556. The molecule has 0 aliphatic rings. The van der Waals surface area contributed by atoms with E-state index in [1.807, 2.05) is 0 Å². The number of carbonyl (C=O) groups excluding carboxylic acids is 4. The first-order valence-electron chi connectivity index (χ1n) is 11.2. The minimum Gasteiger partial charge on any atom is -0.395 e. The standard InChI is InChI=1S/C24H30N4O8/c29-5-1-25-21(33)17-9-15(10-18(13-17)22(34)26-2-6-30)16-11-19(23(35)27-3-7-31)14-20(12-16)24(36)28-4-8-32/h9-14,29-32H,1-8H2,(H,25,33)(H,26,34)(H,27,35)(H,28,36). The second kappa shape index (κ2) is 14.5. The van der Waals surface area contributed by atoms with Crippen LogP contribution in [0.5, 0.6) is 0 Å². The fourth-order valence-corrected chi connectivity index (χ4v) is 3.20. The van der Waals surface area contributed by atoms with Gasteiger partial charge in [-0.2, -0.15) is 0 Å². The third-order valence-corrected chi connectivity index (χ3v) is 4.84. The van der Waals surface area contributed by atoms with Gasteiger partial charge in [-0.1, -0.05) is 0 Å². The number of rotatable bonds is 13. The van der Waals surface area contributed by atoms with Crippen molar-refractivity contribution in [3.63, 3.8) is 0 Å². The number of hydrogen-bond acceptors (Lipinski definition) is 8. The molecule has 0 saturated heterocycles. The molecule has 0 aromatic heterocycles. The Kier molecular flexibility index (Phi) is 11.5. The summed E-state index contributed by atoms with van der Waals surface area (Å²) in [6.45, 7) is -1.18. The van der Waals surface area contributed by atoms with Crippen LogP contribution < -0.4 is 21.3 Å². The molecule has 36 heavy (non-hydrogen) atoms. The lowest BCUT2D eigenvalue weighted by Crippen LogP contribution is -2.29. The molecule has 0 fully saturated rings. The van der Waals surface area contributed by atoms with Crippen LogP contribution in [-0.2, 0) is 0 Å². The van der Waals surface area contributed by atoms with Gasteiger partial charge in [0.2, 0.25) is 0 Å². The van der Waals surface area contributed by atoms with Crippen LogP contribution in [0.25, 0.3) is 11.1 Å². The third-order valence-electron chi connectivity index (χ3n) is 4.84. The van der Waals surface area contributed by atoms with Gasteiger partial charge in [0, 0.05) is 48.4 Å². The summed E-state index contributed by atoms with van der Waals surface area (Å²) in [6.07, 6.45) is 0. The van der Waals surface area contributed by atoms with Gasteiger partial charge >= 0.3 is 0 Å². The molecule has 0 radical (unpaired) electrons. The monoisotopic (exact) mass is 502 g/mol. The highest BCUT2D eigenvalue weighted by atomic mass is 16.3. The van der Waals surface area contributed by atoms with Crippen LogP contribution in [0.2, 0.25) is 0 Å². The van der Waals surface area contributed by atoms with Gasteiger partial charge < -0.3 is 41.7 Å². The normalized spacial score (nSPS) is 10.4. The molecule has 0 aliphatic heterocycles. The van der Waals surface area contributed by atoms with E-state index in [9.17, 15) is 19.2 Å². The first-order chi connectivity index (χ1) is 17.3. The molecule has 2 rings (SSSR count). The summed E-state index contributed by atoms with van der Waals surface area (Å²) in [5, 5.41) is 46.1. The van der Waals surface area contributed by atoms with E-state index in [0.29, 0.717) is 11.1 Å². The van der Waals surface area contributed by atoms with E-state index in [1.165, 1.54) is 36.4 Å². The van der Waals surface area contributed by atoms with Gasteiger partial charge in [-0.15, -0.1) is 0 Å². The van der Waals surface area contributed by atoms with E-state index >= 15 is 0 Å². The lowest BCUT2D eigenvalue weighted by molar-refractivity contribution is 0.0929. The van der Waals surface area contributed by atoms with Crippen molar-refractivity contribution in [2.75, 3.05) is 52.6 Å². The number of benzene rings is 2. The van der Waals surface area contributed by atoms with Crippen LogP contribution in [0.4, 0.5) is 0 Å². The zero-order valence-electron chi connectivity index (χ0n) is 19.5. The Labute approximate surface area is 207 Å². The summed E-state index contributed by atoms with van der Waals surface area (Å²) >= 11 is 0. The molecule has 2 aromatic rings. The van der Waals surface area contributed by atoms with E-state index in [1.54, 1.807) is 0 Å². The largest absolute Gasteiger partial charge is 0.395 e. The summed E-state index contributed by atoms with van der Waals surface area (Å²) in [6, 6.07) is 8.56. The third kappa shape index (κ3) is 8.13. The Hall–Kier alpha value is -3.84. The van der Waals surface area contributed by atoms with Crippen molar-refractivity contribution in [3.05, 3.63) is 58.7 Å². The van der Waals surface area contributed by atoms with Crippen molar-refractivity contribution in [2.24, 2.45) is 0 Å². The zero-order valence-corrected chi connectivity index (χ0v) is 19.5. The highest BCUT2D eigenvalue weighted by Gasteiger charge is 2.17. The Balaban J connectivity index is 2.63. The fourth-order valence-electron chi connectivity index (χ4n) is 3.20. The Bertz CT molecular complexity index is 928. The van der Waals surface area contributed by atoms with Crippen LogP contribution >= 0.6 is 0 Å². The van der Waals surface area contributed by atoms with Crippen molar-refractivity contribution >= 4 is 23.6 Å². The Morgan fingerprint density at radius 3 is 0.861 bits per heavy atom. The second-order valence-electron chi connectivity index (χ2n) is 7.52. The smallest absolute Gasteiger partial charge is 0.251 e. The second-order valence-corrected chi connectivity index (χ2v) is 7.52. The minimum absolute atomic E-state index is 0.00913. The molecule has 0 aliphatic carbocycles. The Morgan fingerprint density at radius 1 is 0.444 bits per heavy atom. The van der Waals surface area contributed by atoms with Gasteiger partial charge in [0.05, 0.1) is 26.4 Å². The lowest BCUT2D eigenvalue weighted by atomic mass is 9.95. The molecule has 0 heterocycles. The van der Waals surface area contributed by atoms with E-state index in [4.69, 9.17) is 20.4 Å². The summed E-state index contributed by atoms with van der Waals surface area (Å²) in [4.78, 5) is 50.4. The lowest BCUT2D eigenvalue weighted by Gasteiger charge is -2.13. The van der Waals surface area contributed by atoms with Crippen molar-refractivity contribution in [2.45, 2.75) is 0 Å². The van der Waals surface area contributed by atoms with E-state index in [-0.39, 0.29) is 74.9 Å². The summed E-state index contributed by atoms with van der Waals surface area (Å²) < 4.78 is 0. The highest BCUT2D eigenvalue weighted by Crippen LogP contribution is 2.26. The first kappa shape index (κ1) is 28.4. The average molecular weight is 503 g/mol. The van der Waals surface area contributed by atoms with Crippen LogP contribution in [-0.4, -0.2) is 96.7 Å². The molecule has 0 spiro atoms. The maximum Gasteiger partial charge on any atom is 0.251 e. The van der Waals surface area contributed by atoms with Crippen molar-refractivity contribution in [1.82, 2.24) is 21.3 Å². The molecule has 8 N–H and O–H groups in total. The predicted molar refractivity (Wildman–Crippen MR) is 130 cm³/mol. The summed E-state index contributed by atoms with van der Waals surface area (Å²) in [5.41, 5.74) is 1.06. The maximum atomic E-state index is 12.6. The molecule has 0 unspecified atom stereocenters. The van der Waals surface area contributed by atoms with Crippen molar-refractivity contribution in [1.29, 1.82) is 0 Å². The fraction of sp³-hybridized carbons (Fsp3) is 0.333. The molecule has 2 aromatic carbocycles. The van der Waals surface area contributed by atoms with E-state index in [0.717, 1.165) is 0 Å². The first-order valence-corrected chi connectivity index (χ1v) is 11.2. The molecule has 0 atom stereocenters. The van der Waals surface area contributed by atoms with E-state index < -0.39 is 23.6 Å². The van der Waals surface area contributed by atoms with Crippen molar-refractivity contribution < 1.29 is 39.6 Å². The number of carbonyl (C=O) groups is 4. The molecule has 12 heteroatoms. The number of aliphatic hydroxyl groups is 4. The summed E-state index contributed by atoms with van der Waals surface area (Å²) in [7, 11) is 0. The molecule has 0 bridgehead atoms. The molecular weight excluding hydrogens is 472 g/mol. The SMILES string of the molecule is O=C(NCCO)c1cc(C(=O)NCCO)cc(-c2cc(C(=O)NCCO)cc(C(=O)NCCO)c2)c1. The number of hydrogen-bond donors (Lipinski definition) is 8. The maximum absolute atomic E-state index is 12.6. The summed E-state index contributed by atoms with van der Waals surface area (Å²) in [5.74, 6) is -2.22. The number of nitrogens with one attached hydrogen (secondary N) is 4. The van der Waals surface area contributed by atoms with Crippen LogP contribution in [0.1, 0.15) is 41.4 Å². The van der Waals surface area contributed by atoms with Gasteiger partial charge in [0.25, 0.3) is 23.6 Å². The van der Waals surface area contributed by atoms with Crippen molar-refractivity contribution in [3.8, 4) is 11.1 Å². The zero-order chi connectivity index (χ0) is 26.5. The molecule has 0 saturated carbocycles. The topological polar surface area (TPSA) is 197 Å². The molecule has 4 amide bonds. The van der Waals surface area contributed by atoms with E-state index in [2.05, 4.69) is 21.3 Å². The Morgan fingerprint density at radius 2 is 0.667 bits per heavy atom. The van der Waals surface area contributed by atoms with Crippen LogP contribution in [0.15, 0.2) is 36.4 Å². The van der Waals surface area contributed by atoms with Crippen LogP contribution in [0, 0.1) is 0 Å².